The molecule has 5 aliphatic rings. The highest BCUT2D eigenvalue weighted by molar-refractivity contribution is 6.09. The first-order valence-electron chi connectivity index (χ1n) is 19.7. The highest BCUT2D eigenvalue weighted by Gasteiger charge is 2.57. The molecule has 2 aliphatic heterocycles. The van der Waals surface area contributed by atoms with Crippen molar-refractivity contribution < 1.29 is 14.2 Å². The molecule has 10 rings (SSSR count). The van der Waals surface area contributed by atoms with Crippen LogP contribution in [0.2, 0.25) is 0 Å². The first-order chi connectivity index (χ1) is 25.5. The van der Waals surface area contributed by atoms with Gasteiger partial charge in [0.1, 0.15) is 17.2 Å². The molecule has 1 spiro atoms. The minimum Gasteiger partial charge on any atom is -0.497 e. The third kappa shape index (κ3) is 4.72. The van der Waals surface area contributed by atoms with Gasteiger partial charge in [-0.1, -0.05) is 61.5 Å². The summed E-state index contributed by atoms with van der Waals surface area (Å²) in [6.45, 7) is 4.68. The van der Waals surface area contributed by atoms with Gasteiger partial charge in [0.25, 0.3) is 0 Å². The smallest absolute Gasteiger partial charge is 0.178 e. The molecule has 0 aromatic heterocycles. The van der Waals surface area contributed by atoms with E-state index in [1.807, 2.05) is 0 Å². The van der Waals surface area contributed by atoms with Crippen LogP contribution in [0.25, 0.3) is 28.0 Å². The molecule has 2 heterocycles. The van der Waals surface area contributed by atoms with Crippen molar-refractivity contribution in [1.29, 1.82) is 0 Å². The van der Waals surface area contributed by atoms with Crippen molar-refractivity contribution >= 4 is 22.5 Å². The van der Waals surface area contributed by atoms with E-state index >= 15 is 0 Å². The molecule has 264 valence electrons. The van der Waals surface area contributed by atoms with Crippen LogP contribution in [-0.2, 0) is 11.0 Å². The van der Waals surface area contributed by atoms with Crippen LogP contribution in [0.5, 0.6) is 17.2 Å². The number of rotatable bonds is 8. The van der Waals surface area contributed by atoms with Crippen molar-refractivity contribution in [2.24, 2.45) is 17.8 Å². The van der Waals surface area contributed by atoms with Crippen LogP contribution in [0.1, 0.15) is 86.1 Å². The first-order valence-corrected chi connectivity index (χ1v) is 19.7. The van der Waals surface area contributed by atoms with E-state index in [-0.39, 0.29) is 5.41 Å². The number of anilines is 1. The average molecular weight is 688 g/mol. The molecule has 4 nitrogen and oxygen atoms in total. The Morgan fingerprint density at radius 3 is 2.23 bits per heavy atom. The lowest BCUT2D eigenvalue weighted by atomic mass is 9.53. The monoisotopic (exact) mass is 687 g/mol. The Kier molecular flexibility index (Phi) is 7.50. The highest BCUT2D eigenvalue weighted by Crippen LogP contribution is 2.68. The summed E-state index contributed by atoms with van der Waals surface area (Å²) in [6.07, 6.45) is 15.0. The van der Waals surface area contributed by atoms with Gasteiger partial charge in [-0.25, -0.2) is 0 Å². The topological polar surface area (TPSA) is 30.9 Å². The number of fused-ring (bicyclic) bond motifs is 10. The minimum atomic E-state index is -0.790. The molecule has 0 radical (unpaired) electrons. The maximum Gasteiger partial charge on any atom is 0.178 e. The molecule has 5 atom stereocenters. The molecule has 3 aliphatic carbocycles. The van der Waals surface area contributed by atoms with Gasteiger partial charge in [0.15, 0.2) is 5.60 Å². The van der Waals surface area contributed by atoms with E-state index in [1.54, 1.807) is 14.2 Å². The second-order valence-corrected chi connectivity index (χ2v) is 16.2. The molecule has 0 bridgehead atoms. The number of benzene rings is 5. The van der Waals surface area contributed by atoms with Crippen molar-refractivity contribution in [2.45, 2.75) is 69.3 Å². The number of methoxy groups -OCH3 is 2. The van der Waals surface area contributed by atoms with Crippen LogP contribution >= 0.6 is 0 Å². The van der Waals surface area contributed by atoms with Gasteiger partial charge in [0, 0.05) is 46.3 Å². The predicted molar refractivity (Wildman–Crippen MR) is 212 cm³/mol. The maximum absolute atomic E-state index is 7.70. The van der Waals surface area contributed by atoms with Crippen LogP contribution in [-0.4, -0.2) is 27.3 Å². The Balaban J connectivity index is 1.19. The lowest BCUT2D eigenvalue weighted by Gasteiger charge is -2.50. The molecular weight excluding hydrogens is 639 g/mol. The van der Waals surface area contributed by atoms with Gasteiger partial charge >= 0.3 is 0 Å². The van der Waals surface area contributed by atoms with Crippen LogP contribution in [0.15, 0.2) is 97.1 Å². The second kappa shape index (κ2) is 12.2. The van der Waals surface area contributed by atoms with Crippen molar-refractivity contribution in [3.8, 4) is 28.4 Å². The van der Waals surface area contributed by atoms with E-state index in [2.05, 4.69) is 115 Å². The minimum absolute atomic E-state index is 0.0634. The Labute approximate surface area is 308 Å². The molecule has 1 saturated heterocycles. The standard InChI is InChI=1S/C48H49NO3/c1-31-28-32(31)12-13-33-22-24-47(33)43-30-38(51-3)19-21-40(43)44-39-20-18-37(50-2)29-42(39)46-41(45(44)47)23-25-48(52-46,34-10-6-4-7-11-34)35-14-16-36(17-15-35)49-26-8-5-9-27-49/h4,6-7,10-11,14-21,23,25,29-33H,5,8-9,12-13,22,24,26-28H2,1-3H3. The summed E-state index contributed by atoms with van der Waals surface area (Å²) >= 11 is 0. The second-order valence-electron chi connectivity index (χ2n) is 16.2. The van der Waals surface area contributed by atoms with Crippen LogP contribution in [0.3, 0.4) is 0 Å². The molecular formula is C48H49NO3. The molecule has 52 heavy (non-hydrogen) atoms. The summed E-state index contributed by atoms with van der Waals surface area (Å²) in [5, 5.41) is 2.33. The third-order valence-corrected chi connectivity index (χ3v) is 13.6. The van der Waals surface area contributed by atoms with Crippen LogP contribution in [0, 0.1) is 17.8 Å². The molecule has 2 saturated carbocycles. The Morgan fingerprint density at radius 2 is 1.52 bits per heavy atom. The summed E-state index contributed by atoms with van der Waals surface area (Å²) in [6, 6.07) is 33.4. The van der Waals surface area contributed by atoms with E-state index in [1.165, 1.54) is 83.8 Å². The fraction of sp³-hybridized carbons (Fsp3) is 0.375. The fourth-order valence-corrected chi connectivity index (χ4v) is 10.5. The van der Waals surface area contributed by atoms with E-state index in [4.69, 9.17) is 14.2 Å². The zero-order valence-corrected chi connectivity index (χ0v) is 30.8. The number of ether oxygens (including phenoxy) is 3. The van der Waals surface area contributed by atoms with Gasteiger partial charge in [0.2, 0.25) is 0 Å². The summed E-state index contributed by atoms with van der Waals surface area (Å²) in [4.78, 5) is 2.53. The summed E-state index contributed by atoms with van der Waals surface area (Å²) < 4.78 is 19.5. The number of hydrogen-bond acceptors (Lipinski definition) is 4. The molecule has 0 amide bonds. The maximum atomic E-state index is 7.70. The zero-order valence-electron chi connectivity index (χ0n) is 30.8. The first kappa shape index (κ1) is 32.0. The summed E-state index contributed by atoms with van der Waals surface area (Å²) in [5.74, 6) is 5.09. The van der Waals surface area contributed by atoms with Crippen molar-refractivity contribution in [1.82, 2.24) is 0 Å². The quantitative estimate of drug-likeness (QED) is 0.162. The van der Waals surface area contributed by atoms with Gasteiger partial charge in [-0.3, -0.25) is 0 Å². The van der Waals surface area contributed by atoms with E-state index in [0.29, 0.717) is 5.92 Å². The normalized spacial score (nSPS) is 26.7. The molecule has 0 N–H and O–H groups in total. The van der Waals surface area contributed by atoms with E-state index < -0.39 is 5.60 Å². The molecule has 5 aromatic rings. The van der Waals surface area contributed by atoms with Gasteiger partial charge in [-0.05, 0) is 145 Å². The van der Waals surface area contributed by atoms with Gasteiger partial charge in [-0.15, -0.1) is 0 Å². The predicted octanol–water partition coefficient (Wildman–Crippen LogP) is 11.3. The SMILES string of the molecule is COc1ccc2c(c1)C1(CCC1CCC1CC1C)c1c3c(c4cc(OC)ccc4c1-2)OC(c1ccccc1)(c1ccc(N2CCCCC2)cc1)C=C3. The van der Waals surface area contributed by atoms with Gasteiger partial charge in [0.05, 0.1) is 14.2 Å². The van der Waals surface area contributed by atoms with Crippen LogP contribution in [0.4, 0.5) is 5.69 Å². The molecule has 5 unspecified atom stereocenters. The van der Waals surface area contributed by atoms with E-state index in [9.17, 15) is 0 Å². The van der Waals surface area contributed by atoms with Crippen molar-refractivity contribution in [3.05, 3.63) is 125 Å². The Hall–Kier alpha value is -4.70. The van der Waals surface area contributed by atoms with Gasteiger partial charge in [-0.2, -0.15) is 0 Å². The Morgan fingerprint density at radius 1 is 0.788 bits per heavy atom. The van der Waals surface area contributed by atoms with E-state index in [0.717, 1.165) is 65.1 Å². The van der Waals surface area contributed by atoms with Crippen LogP contribution < -0.4 is 19.1 Å². The molecule has 3 fully saturated rings. The lowest BCUT2D eigenvalue weighted by molar-refractivity contribution is 0.145. The Bertz CT molecular complexity index is 2200. The summed E-state index contributed by atoms with van der Waals surface area (Å²) in [5.41, 5.74) is 9.55. The highest BCUT2D eigenvalue weighted by atomic mass is 16.5. The zero-order chi connectivity index (χ0) is 35.0. The van der Waals surface area contributed by atoms with Crippen molar-refractivity contribution in [2.75, 3.05) is 32.2 Å². The number of hydrogen-bond donors (Lipinski definition) is 0. The van der Waals surface area contributed by atoms with Gasteiger partial charge < -0.3 is 19.1 Å². The number of piperidine rings is 1. The van der Waals surface area contributed by atoms with Crippen molar-refractivity contribution in [3.63, 3.8) is 0 Å². The molecule has 5 aromatic carbocycles. The molecule has 4 heteroatoms. The third-order valence-electron chi connectivity index (χ3n) is 13.6. The largest absolute Gasteiger partial charge is 0.497 e. The average Bonchev–Trinajstić information content (AvgIpc) is 3.82. The lowest BCUT2D eigenvalue weighted by Crippen LogP contribution is -2.45. The fourth-order valence-electron chi connectivity index (χ4n) is 10.5. The summed E-state index contributed by atoms with van der Waals surface area (Å²) in [7, 11) is 3.56. The number of nitrogens with zero attached hydrogens (tertiary/aromatic N) is 1.